The van der Waals surface area contributed by atoms with Crippen molar-refractivity contribution in [3.8, 4) is 0 Å². The van der Waals surface area contributed by atoms with Crippen molar-refractivity contribution < 1.29 is 14.3 Å². The lowest BCUT2D eigenvalue weighted by molar-refractivity contribution is -0.150. The number of imide groups is 1. The molecule has 4 heteroatoms. The van der Waals surface area contributed by atoms with Gasteiger partial charge >= 0.3 is 0 Å². The largest absolute Gasteiger partial charge is 0.381 e. The van der Waals surface area contributed by atoms with E-state index < -0.39 is 5.41 Å². The van der Waals surface area contributed by atoms with Crippen LogP contribution in [0.1, 0.15) is 43.6 Å². The van der Waals surface area contributed by atoms with Crippen molar-refractivity contribution in [1.82, 2.24) is 5.32 Å². The Hall–Kier alpha value is -1.68. The van der Waals surface area contributed by atoms with Crippen molar-refractivity contribution in [3.63, 3.8) is 0 Å². The van der Waals surface area contributed by atoms with Gasteiger partial charge in [-0.1, -0.05) is 43.2 Å². The van der Waals surface area contributed by atoms with Crippen LogP contribution in [0.3, 0.4) is 0 Å². The second-order valence-electron chi connectivity index (χ2n) is 6.14. The molecule has 1 heterocycles. The maximum Gasteiger partial charge on any atom is 0.234 e. The van der Waals surface area contributed by atoms with E-state index >= 15 is 0 Å². The molecule has 0 bridgehead atoms. The topological polar surface area (TPSA) is 55.4 Å². The number of carbonyl (C=O) groups is 2. The van der Waals surface area contributed by atoms with Crippen molar-refractivity contribution in [3.05, 3.63) is 35.9 Å². The molecule has 2 aliphatic rings. The number of methoxy groups -OCH3 is 1. The molecule has 1 spiro atoms. The Bertz CT molecular complexity index is 542. The summed E-state index contributed by atoms with van der Waals surface area (Å²) in [6.45, 7) is 0. The number of benzene rings is 1. The zero-order valence-corrected chi connectivity index (χ0v) is 12.3. The molecule has 1 aliphatic heterocycles. The van der Waals surface area contributed by atoms with Crippen molar-refractivity contribution in [1.29, 1.82) is 0 Å². The van der Waals surface area contributed by atoms with E-state index in [1.165, 1.54) is 0 Å². The first kappa shape index (κ1) is 14.3. The predicted octanol–water partition coefficient (Wildman–Crippen LogP) is 2.39. The molecule has 1 aromatic carbocycles. The summed E-state index contributed by atoms with van der Waals surface area (Å²) in [4.78, 5) is 24.6. The van der Waals surface area contributed by atoms with E-state index in [4.69, 9.17) is 4.74 Å². The van der Waals surface area contributed by atoms with Gasteiger partial charge in [0, 0.05) is 18.9 Å². The van der Waals surface area contributed by atoms with Crippen LogP contribution in [0.15, 0.2) is 30.3 Å². The highest BCUT2D eigenvalue weighted by molar-refractivity contribution is 6.02. The van der Waals surface area contributed by atoms with E-state index in [0.29, 0.717) is 6.42 Å². The Kier molecular flexibility index (Phi) is 3.81. The molecule has 21 heavy (non-hydrogen) atoms. The highest BCUT2D eigenvalue weighted by atomic mass is 16.5. The first-order valence-electron chi connectivity index (χ1n) is 7.59. The average Bonchev–Trinajstić information content (AvgIpc) is 2.48. The van der Waals surface area contributed by atoms with Crippen LogP contribution >= 0.6 is 0 Å². The lowest BCUT2D eigenvalue weighted by atomic mass is 9.58. The molecule has 0 aromatic heterocycles. The summed E-state index contributed by atoms with van der Waals surface area (Å²) in [6, 6.07) is 9.78. The molecule has 1 saturated heterocycles. The monoisotopic (exact) mass is 287 g/mol. The standard InChI is InChI=1S/C17H21NO3/c1-21-13-9-5-6-10-17(13)11-14(19)18-16(20)15(17)12-7-3-2-4-8-12/h2-4,7-8,13,15H,5-6,9-11H2,1H3,(H,18,19,20). The van der Waals surface area contributed by atoms with E-state index in [1.54, 1.807) is 7.11 Å². The molecule has 1 N–H and O–H groups in total. The Morgan fingerprint density at radius 2 is 1.95 bits per heavy atom. The summed E-state index contributed by atoms with van der Waals surface area (Å²) in [5.74, 6) is -0.654. The zero-order chi connectivity index (χ0) is 14.9. The smallest absolute Gasteiger partial charge is 0.234 e. The number of hydrogen-bond donors (Lipinski definition) is 1. The van der Waals surface area contributed by atoms with E-state index in [2.05, 4.69) is 5.32 Å². The van der Waals surface area contributed by atoms with Crippen LogP contribution in [-0.2, 0) is 14.3 Å². The zero-order valence-electron chi connectivity index (χ0n) is 12.3. The van der Waals surface area contributed by atoms with Crippen LogP contribution in [-0.4, -0.2) is 25.0 Å². The molecule has 4 nitrogen and oxygen atoms in total. The third-order valence-corrected chi connectivity index (χ3v) is 5.01. The number of piperidine rings is 1. The molecule has 3 rings (SSSR count). The van der Waals surface area contributed by atoms with Gasteiger partial charge in [-0.2, -0.15) is 0 Å². The third kappa shape index (κ3) is 2.38. The summed E-state index contributed by atoms with van der Waals surface area (Å²) in [5, 5.41) is 2.51. The van der Waals surface area contributed by atoms with E-state index in [0.717, 1.165) is 31.2 Å². The number of nitrogens with one attached hydrogen (secondary N) is 1. The maximum absolute atomic E-state index is 12.6. The van der Waals surface area contributed by atoms with Gasteiger partial charge in [-0.15, -0.1) is 0 Å². The van der Waals surface area contributed by atoms with Crippen LogP contribution in [0, 0.1) is 5.41 Å². The fourth-order valence-electron chi connectivity index (χ4n) is 4.16. The Balaban J connectivity index is 2.08. The SMILES string of the molecule is COC1CCCCC12CC(=O)NC(=O)C2c1ccccc1. The lowest BCUT2D eigenvalue weighted by Crippen LogP contribution is -2.56. The summed E-state index contributed by atoms with van der Waals surface area (Å²) >= 11 is 0. The molecule has 2 fully saturated rings. The van der Waals surface area contributed by atoms with Crippen molar-refractivity contribution >= 4 is 11.8 Å². The molecule has 112 valence electrons. The molecule has 0 radical (unpaired) electrons. The van der Waals surface area contributed by atoms with Gasteiger partial charge in [0.1, 0.15) is 0 Å². The van der Waals surface area contributed by atoms with Gasteiger partial charge in [-0.25, -0.2) is 0 Å². The first-order chi connectivity index (χ1) is 10.2. The number of rotatable bonds is 2. The minimum Gasteiger partial charge on any atom is -0.381 e. The van der Waals surface area contributed by atoms with Crippen molar-refractivity contribution in [2.75, 3.05) is 7.11 Å². The van der Waals surface area contributed by atoms with Crippen LogP contribution < -0.4 is 5.32 Å². The van der Waals surface area contributed by atoms with Gasteiger partial charge < -0.3 is 4.74 Å². The van der Waals surface area contributed by atoms with Gasteiger partial charge in [0.15, 0.2) is 0 Å². The summed E-state index contributed by atoms with van der Waals surface area (Å²) in [5.41, 5.74) is 0.583. The van der Waals surface area contributed by atoms with E-state index in [9.17, 15) is 9.59 Å². The number of hydrogen-bond acceptors (Lipinski definition) is 3. The summed E-state index contributed by atoms with van der Waals surface area (Å²) in [7, 11) is 1.69. The second kappa shape index (κ2) is 5.60. The van der Waals surface area contributed by atoms with E-state index in [-0.39, 0.29) is 23.8 Å². The van der Waals surface area contributed by atoms with Crippen LogP contribution in [0.5, 0.6) is 0 Å². The highest BCUT2D eigenvalue weighted by Gasteiger charge is 2.54. The molecular weight excluding hydrogens is 266 g/mol. The lowest BCUT2D eigenvalue weighted by Gasteiger charge is -2.49. The minimum absolute atomic E-state index is 0.0357. The van der Waals surface area contributed by atoms with Gasteiger partial charge in [0.25, 0.3) is 0 Å². The van der Waals surface area contributed by atoms with Crippen LogP contribution in [0.25, 0.3) is 0 Å². The van der Waals surface area contributed by atoms with Gasteiger partial charge in [-0.3, -0.25) is 14.9 Å². The van der Waals surface area contributed by atoms with Crippen LogP contribution in [0.2, 0.25) is 0 Å². The molecule has 1 aromatic rings. The molecule has 2 amide bonds. The van der Waals surface area contributed by atoms with Crippen LogP contribution in [0.4, 0.5) is 0 Å². The fourth-order valence-corrected chi connectivity index (χ4v) is 4.16. The Morgan fingerprint density at radius 3 is 2.67 bits per heavy atom. The number of carbonyl (C=O) groups excluding carboxylic acids is 2. The highest BCUT2D eigenvalue weighted by Crippen LogP contribution is 2.52. The number of amides is 2. The number of ether oxygens (including phenoxy) is 1. The second-order valence-corrected chi connectivity index (χ2v) is 6.14. The Morgan fingerprint density at radius 1 is 1.19 bits per heavy atom. The average molecular weight is 287 g/mol. The van der Waals surface area contributed by atoms with Gasteiger partial charge in [0.05, 0.1) is 12.0 Å². The molecule has 1 aliphatic carbocycles. The quantitative estimate of drug-likeness (QED) is 0.850. The predicted molar refractivity (Wildman–Crippen MR) is 78.6 cm³/mol. The molecule has 3 unspecified atom stereocenters. The minimum atomic E-state index is -0.395. The first-order valence-corrected chi connectivity index (χ1v) is 7.59. The summed E-state index contributed by atoms with van der Waals surface area (Å²) < 4.78 is 5.70. The molecule has 3 atom stereocenters. The fraction of sp³-hybridized carbons (Fsp3) is 0.529. The van der Waals surface area contributed by atoms with Crippen molar-refractivity contribution in [2.45, 2.75) is 44.1 Å². The summed E-state index contributed by atoms with van der Waals surface area (Å²) in [6.07, 6.45) is 4.26. The van der Waals surface area contributed by atoms with E-state index in [1.807, 2.05) is 30.3 Å². The normalized spacial score (nSPS) is 33.0. The Labute approximate surface area is 124 Å². The molecular formula is C17H21NO3. The van der Waals surface area contributed by atoms with Crippen molar-refractivity contribution in [2.24, 2.45) is 5.41 Å². The van der Waals surface area contributed by atoms with Gasteiger partial charge in [0.2, 0.25) is 11.8 Å². The maximum atomic E-state index is 12.6. The third-order valence-electron chi connectivity index (χ3n) is 5.01. The molecule has 1 saturated carbocycles. The van der Waals surface area contributed by atoms with Gasteiger partial charge in [-0.05, 0) is 18.4 Å².